The normalized spacial score (nSPS) is 21.9. The third-order valence-corrected chi connectivity index (χ3v) is 7.80. The third kappa shape index (κ3) is 4.30. The van der Waals surface area contributed by atoms with E-state index in [0.29, 0.717) is 13.0 Å². The first kappa shape index (κ1) is 24.8. The SMILES string of the molecule is C[NH+](C)c1ccc(CC(=O)OC23CCC2(n2ccc4cc(OCc5ccccc5)ccc42)C3)cc1.[I-]. The lowest BCUT2D eigenvalue weighted by atomic mass is 9.88. The summed E-state index contributed by atoms with van der Waals surface area (Å²) < 4.78 is 14.5. The van der Waals surface area contributed by atoms with Gasteiger partial charge in [-0.25, -0.2) is 0 Å². The van der Waals surface area contributed by atoms with Gasteiger partial charge in [-0.3, -0.25) is 4.79 Å². The second kappa shape index (κ2) is 9.56. The van der Waals surface area contributed by atoms with E-state index in [-0.39, 0.29) is 41.1 Å². The van der Waals surface area contributed by atoms with Crippen molar-refractivity contribution in [2.75, 3.05) is 14.1 Å². The predicted octanol–water partition coefficient (Wildman–Crippen LogP) is 1.42. The van der Waals surface area contributed by atoms with Gasteiger partial charge in [-0.15, -0.1) is 0 Å². The molecule has 2 aliphatic carbocycles. The lowest BCUT2D eigenvalue weighted by Gasteiger charge is -2.36. The average Bonchev–Trinajstić information content (AvgIpc) is 3.14. The van der Waals surface area contributed by atoms with E-state index in [1.165, 1.54) is 10.6 Å². The number of carbonyl (C=O) groups excluding carboxylic acids is 1. The van der Waals surface area contributed by atoms with E-state index >= 15 is 0 Å². The average molecular weight is 594 g/mol. The molecule has 3 aromatic carbocycles. The summed E-state index contributed by atoms with van der Waals surface area (Å²) in [6, 6.07) is 26.8. The molecule has 2 atom stereocenters. The summed E-state index contributed by atoms with van der Waals surface area (Å²) in [6.07, 6.45) is 5.32. The van der Waals surface area contributed by atoms with Gasteiger partial charge in [0.15, 0.2) is 0 Å². The molecule has 36 heavy (non-hydrogen) atoms. The van der Waals surface area contributed by atoms with Crippen molar-refractivity contribution in [1.29, 1.82) is 0 Å². The molecule has 2 aliphatic rings. The Hall–Kier alpha value is -2.84. The highest BCUT2D eigenvalue weighted by Crippen LogP contribution is 2.71. The smallest absolute Gasteiger partial charge is 0.310 e. The zero-order valence-corrected chi connectivity index (χ0v) is 22.8. The maximum absolute atomic E-state index is 12.8. The molecule has 5 nitrogen and oxygen atoms in total. The van der Waals surface area contributed by atoms with Crippen LogP contribution in [-0.2, 0) is 28.1 Å². The van der Waals surface area contributed by atoms with Gasteiger partial charge in [0.2, 0.25) is 0 Å². The predicted molar refractivity (Wildman–Crippen MR) is 136 cm³/mol. The van der Waals surface area contributed by atoms with Gasteiger partial charge >= 0.3 is 5.97 Å². The Labute approximate surface area is 229 Å². The number of nitrogens with one attached hydrogen (secondary N) is 1. The van der Waals surface area contributed by atoms with Gasteiger partial charge in [0.05, 0.1) is 26.1 Å². The lowest BCUT2D eigenvalue weighted by molar-refractivity contribution is -0.786. The number of fused-ring (bicyclic) bond motifs is 2. The Morgan fingerprint density at radius 1 is 0.944 bits per heavy atom. The van der Waals surface area contributed by atoms with E-state index in [4.69, 9.17) is 9.47 Å². The molecule has 6 rings (SSSR count). The van der Waals surface area contributed by atoms with Gasteiger partial charge < -0.3 is 42.9 Å². The Morgan fingerprint density at radius 3 is 2.42 bits per heavy atom. The number of ether oxygens (including phenoxy) is 2. The molecule has 1 heterocycles. The van der Waals surface area contributed by atoms with E-state index in [1.54, 1.807) is 0 Å². The number of nitrogens with zero attached hydrogens (tertiary/aromatic N) is 1. The molecule has 0 amide bonds. The largest absolute Gasteiger partial charge is 1.00 e. The number of benzene rings is 3. The Kier molecular flexibility index (Phi) is 6.59. The number of rotatable bonds is 8. The van der Waals surface area contributed by atoms with Crippen molar-refractivity contribution in [2.45, 2.75) is 43.4 Å². The van der Waals surface area contributed by atoms with Crippen molar-refractivity contribution in [3.63, 3.8) is 0 Å². The minimum absolute atomic E-state index is 0. The van der Waals surface area contributed by atoms with Crippen molar-refractivity contribution in [2.24, 2.45) is 0 Å². The zero-order chi connectivity index (χ0) is 24.0. The van der Waals surface area contributed by atoms with E-state index in [1.807, 2.05) is 36.4 Å². The van der Waals surface area contributed by atoms with Crippen LogP contribution in [0.3, 0.4) is 0 Å². The number of quaternary nitrogens is 1. The van der Waals surface area contributed by atoms with Gasteiger partial charge in [-0.2, -0.15) is 0 Å². The van der Waals surface area contributed by atoms with Gasteiger partial charge in [-0.05, 0) is 60.4 Å². The summed E-state index contributed by atoms with van der Waals surface area (Å²) in [6.45, 7) is 0.551. The Balaban J connectivity index is 0.00000267. The highest BCUT2D eigenvalue weighted by Gasteiger charge is 2.78. The summed E-state index contributed by atoms with van der Waals surface area (Å²) in [7, 11) is 4.18. The van der Waals surface area contributed by atoms with Crippen molar-refractivity contribution in [1.82, 2.24) is 4.57 Å². The Morgan fingerprint density at radius 2 is 1.72 bits per heavy atom. The molecule has 186 valence electrons. The van der Waals surface area contributed by atoms with Crippen LogP contribution in [0.25, 0.3) is 10.9 Å². The van der Waals surface area contributed by atoms with Crippen molar-refractivity contribution < 1.29 is 43.1 Å². The highest BCUT2D eigenvalue weighted by molar-refractivity contribution is 5.83. The summed E-state index contributed by atoms with van der Waals surface area (Å²) in [5, 5.41) is 1.15. The third-order valence-electron chi connectivity index (χ3n) is 7.80. The van der Waals surface area contributed by atoms with Crippen LogP contribution in [0.1, 0.15) is 30.4 Å². The number of esters is 1. The van der Waals surface area contributed by atoms with E-state index in [0.717, 1.165) is 47.0 Å². The molecule has 0 spiro atoms. The molecule has 0 bridgehead atoms. The molecule has 0 radical (unpaired) electrons. The molecular weight excluding hydrogens is 563 g/mol. The minimum atomic E-state index is -0.355. The van der Waals surface area contributed by atoms with E-state index in [9.17, 15) is 4.79 Å². The maximum Gasteiger partial charge on any atom is 0.310 e. The number of halogens is 1. The fourth-order valence-electron chi connectivity index (χ4n) is 5.61. The first-order valence-electron chi connectivity index (χ1n) is 12.4. The minimum Gasteiger partial charge on any atom is -1.00 e. The number of aromatic nitrogens is 1. The van der Waals surface area contributed by atoms with Crippen molar-refractivity contribution >= 4 is 22.6 Å². The fourth-order valence-corrected chi connectivity index (χ4v) is 5.61. The van der Waals surface area contributed by atoms with Crippen LogP contribution in [0.2, 0.25) is 0 Å². The van der Waals surface area contributed by atoms with E-state index in [2.05, 4.69) is 67.3 Å². The molecule has 1 aromatic heterocycles. The molecule has 2 fully saturated rings. The first-order chi connectivity index (χ1) is 17.0. The van der Waals surface area contributed by atoms with Crippen LogP contribution in [0.5, 0.6) is 5.75 Å². The van der Waals surface area contributed by atoms with Gasteiger partial charge in [-0.1, -0.05) is 42.5 Å². The van der Waals surface area contributed by atoms with Crippen molar-refractivity contribution in [3.8, 4) is 5.75 Å². The molecule has 2 saturated carbocycles. The highest BCUT2D eigenvalue weighted by atomic mass is 127. The van der Waals surface area contributed by atoms with Crippen LogP contribution < -0.4 is 33.6 Å². The molecule has 0 aliphatic heterocycles. The fraction of sp³-hybridized carbons (Fsp3) is 0.300. The van der Waals surface area contributed by atoms with E-state index < -0.39 is 0 Å². The van der Waals surface area contributed by atoms with Gasteiger partial charge in [0.1, 0.15) is 23.6 Å². The van der Waals surface area contributed by atoms with Crippen LogP contribution >= 0.6 is 0 Å². The van der Waals surface area contributed by atoms with Crippen LogP contribution in [-0.4, -0.2) is 30.2 Å². The summed E-state index contributed by atoms with van der Waals surface area (Å²) in [5.74, 6) is 0.727. The topological polar surface area (TPSA) is 44.9 Å². The summed E-state index contributed by atoms with van der Waals surface area (Å²) >= 11 is 0. The number of hydrogen-bond donors (Lipinski definition) is 1. The lowest BCUT2D eigenvalue weighted by Crippen LogP contribution is -3.00. The van der Waals surface area contributed by atoms with Gasteiger partial charge in [0, 0.05) is 23.5 Å². The van der Waals surface area contributed by atoms with Crippen molar-refractivity contribution in [3.05, 3.63) is 96.2 Å². The summed E-state index contributed by atoms with van der Waals surface area (Å²) in [5.41, 5.74) is 4.06. The maximum atomic E-state index is 12.8. The van der Waals surface area contributed by atoms with Crippen LogP contribution in [0.4, 0.5) is 5.69 Å². The quantitative estimate of drug-likeness (QED) is 0.248. The Bertz CT molecular complexity index is 1380. The number of hydrogen-bond acceptors (Lipinski definition) is 3. The first-order valence-corrected chi connectivity index (χ1v) is 12.4. The van der Waals surface area contributed by atoms with Crippen LogP contribution in [0, 0.1) is 0 Å². The van der Waals surface area contributed by atoms with Gasteiger partial charge in [0.25, 0.3) is 0 Å². The standard InChI is InChI=1S/C30H30N2O3.HI/c1-31(2)25-10-8-22(9-11-25)18-28(33)35-30-16-15-29(30,21-30)32-17-14-24-19-26(12-13-27(24)32)34-20-23-6-4-3-5-7-23;/h3-14,17,19H,15-16,18,20-21H2,1-2H3;1H. The second-order valence-corrected chi connectivity index (χ2v) is 10.2. The molecule has 4 aromatic rings. The summed E-state index contributed by atoms with van der Waals surface area (Å²) in [4.78, 5) is 14.1. The zero-order valence-electron chi connectivity index (χ0n) is 20.7. The second-order valence-electron chi connectivity index (χ2n) is 10.2. The molecule has 6 heteroatoms. The molecule has 1 N–H and O–H groups in total. The van der Waals surface area contributed by atoms with Crippen LogP contribution in [0.15, 0.2) is 85.1 Å². The molecular formula is C30H31IN2O3. The molecule has 2 unspecified atom stereocenters. The molecule has 0 saturated heterocycles. The monoisotopic (exact) mass is 594 g/mol. The number of carbonyl (C=O) groups is 1.